The van der Waals surface area contributed by atoms with E-state index in [1.807, 2.05) is 109 Å². The summed E-state index contributed by atoms with van der Waals surface area (Å²) in [4.78, 5) is 80.7. The minimum absolute atomic E-state index is 0.00694. The van der Waals surface area contributed by atoms with Gasteiger partial charge in [0.25, 0.3) is 0 Å². The predicted molar refractivity (Wildman–Crippen MR) is 244 cm³/mol. The van der Waals surface area contributed by atoms with Crippen LogP contribution >= 0.6 is 22.7 Å². The molecule has 0 spiro atoms. The molecule has 16 heteroatoms. The molecule has 2 saturated heterocycles. The molecule has 4 aromatic rings. The minimum Gasteiger partial charge on any atom is -0.391 e. The molecule has 0 radical (unpaired) electrons. The largest absolute Gasteiger partial charge is 0.391 e. The van der Waals surface area contributed by atoms with Crippen molar-refractivity contribution in [3.63, 3.8) is 0 Å². The molecule has 4 heterocycles. The van der Waals surface area contributed by atoms with Gasteiger partial charge in [-0.05, 0) is 40.0 Å². The van der Waals surface area contributed by atoms with Crippen molar-refractivity contribution in [1.29, 1.82) is 0 Å². The SMILES string of the molecule is CC(=O)N[C@@H](C(=O)N1C[C@@H](O)C[C@@H]1C(=O)NCc1ccc(-c2scnc2CO[C@H]2CC(C(=O)NCc3ccc(-c4scnc4C)cc3)N(C(=O)[C@@H](C)C(C)(C)C)C2)cc1)C(C)(C)C. The highest BCUT2D eigenvalue weighted by Crippen LogP contribution is 2.34. The van der Waals surface area contributed by atoms with Gasteiger partial charge in [-0.3, -0.25) is 24.0 Å². The van der Waals surface area contributed by atoms with Crippen LogP contribution in [0, 0.1) is 23.7 Å². The molecule has 63 heavy (non-hydrogen) atoms. The summed E-state index contributed by atoms with van der Waals surface area (Å²) in [6.07, 6.45) is -0.772. The molecule has 14 nitrogen and oxygen atoms in total. The number of aliphatic hydroxyl groups excluding tert-OH is 1. The zero-order valence-electron chi connectivity index (χ0n) is 37.7. The summed E-state index contributed by atoms with van der Waals surface area (Å²) in [5.41, 5.74) is 8.21. The maximum atomic E-state index is 13.9. The lowest BCUT2D eigenvalue weighted by Crippen LogP contribution is -2.57. The summed E-state index contributed by atoms with van der Waals surface area (Å²) < 4.78 is 6.43. The number of amides is 5. The first-order valence-electron chi connectivity index (χ1n) is 21.5. The summed E-state index contributed by atoms with van der Waals surface area (Å²) in [5.74, 6) is -1.74. The van der Waals surface area contributed by atoms with Gasteiger partial charge < -0.3 is 35.6 Å². The first-order chi connectivity index (χ1) is 29.7. The fourth-order valence-electron chi connectivity index (χ4n) is 7.90. The number of hydrogen-bond acceptors (Lipinski definition) is 11. The zero-order chi connectivity index (χ0) is 45.8. The van der Waals surface area contributed by atoms with Gasteiger partial charge in [0.2, 0.25) is 29.5 Å². The van der Waals surface area contributed by atoms with E-state index in [4.69, 9.17) is 4.74 Å². The van der Waals surface area contributed by atoms with Crippen molar-refractivity contribution in [2.45, 2.75) is 125 Å². The Kier molecular flexibility index (Phi) is 14.9. The number of nitrogens with zero attached hydrogens (tertiary/aromatic N) is 4. The highest BCUT2D eigenvalue weighted by molar-refractivity contribution is 7.13. The van der Waals surface area contributed by atoms with Crippen LogP contribution in [0.15, 0.2) is 59.6 Å². The van der Waals surface area contributed by atoms with Crippen LogP contribution in [0.2, 0.25) is 0 Å². The summed E-state index contributed by atoms with van der Waals surface area (Å²) in [7, 11) is 0. The lowest BCUT2D eigenvalue weighted by Gasteiger charge is -2.35. The number of carbonyl (C=O) groups excluding carboxylic acids is 5. The molecule has 5 amide bonds. The quantitative estimate of drug-likeness (QED) is 0.121. The van der Waals surface area contributed by atoms with Crippen LogP contribution in [0.3, 0.4) is 0 Å². The Hall–Kier alpha value is -5.03. The van der Waals surface area contributed by atoms with Crippen LogP contribution in [-0.2, 0) is 48.4 Å². The lowest BCUT2D eigenvalue weighted by molar-refractivity contribution is -0.144. The van der Waals surface area contributed by atoms with Gasteiger partial charge in [-0.1, -0.05) is 97.0 Å². The van der Waals surface area contributed by atoms with E-state index in [0.717, 1.165) is 43.4 Å². The average molecular weight is 900 g/mol. The summed E-state index contributed by atoms with van der Waals surface area (Å²) >= 11 is 3.07. The van der Waals surface area contributed by atoms with Crippen LogP contribution in [0.25, 0.3) is 20.9 Å². The maximum Gasteiger partial charge on any atom is 0.246 e. The molecule has 4 N–H and O–H groups in total. The first-order valence-corrected chi connectivity index (χ1v) is 23.2. The maximum absolute atomic E-state index is 13.9. The van der Waals surface area contributed by atoms with Crippen LogP contribution in [0.5, 0.6) is 0 Å². The third-order valence-corrected chi connectivity index (χ3v) is 13.9. The summed E-state index contributed by atoms with van der Waals surface area (Å²) in [6.45, 7) is 17.9. The van der Waals surface area contributed by atoms with Gasteiger partial charge in [-0.2, -0.15) is 0 Å². The van der Waals surface area contributed by atoms with E-state index in [1.54, 1.807) is 21.7 Å². The molecule has 2 aliphatic rings. The Bertz CT molecular complexity index is 2260. The third-order valence-electron chi connectivity index (χ3n) is 12.1. The van der Waals surface area contributed by atoms with E-state index >= 15 is 0 Å². The van der Waals surface area contributed by atoms with Gasteiger partial charge in [0.1, 0.15) is 18.1 Å². The first kappa shape index (κ1) is 47.4. The number of rotatable bonds is 14. The zero-order valence-corrected chi connectivity index (χ0v) is 39.3. The van der Waals surface area contributed by atoms with Crippen molar-refractivity contribution >= 4 is 52.2 Å². The summed E-state index contributed by atoms with van der Waals surface area (Å²) in [5, 5.41) is 19.2. The van der Waals surface area contributed by atoms with E-state index < -0.39 is 35.6 Å². The average Bonchev–Trinajstić information content (AvgIpc) is 4.06. The number of nitrogens with one attached hydrogen (secondary N) is 3. The number of β-amino-alcohol motifs (C(OH)–C–C–N with tert-alkyl or cyclic N) is 1. The molecule has 2 fully saturated rings. The standard InChI is InChI=1S/C47H61N7O7S2/c1-27(46(4,5)6)44(59)54-23-35(19-38(54)43(58)49-21-30-10-14-32(15-11-30)39-28(2)50-25-62-39)61-24-36-40(63-26-51-36)33-16-12-31(13-17-33)20-48-42(57)37-18-34(56)22-53(37)45(60)41(47(7,8)9)52-29(3)55/h10-17,25-27,34-35,37-38,41,56H,18-24H2,1-9H3,(H,48,57)(H,49,58)(H,52,55)/t27-,34+,35+,37-,38?,41+/m1/s1. The number of thiazole rings is 2. The topological polar surface area (TPSA) is 183 Å². The molecule has 6 atom stereocenters. The Morgan fingerprint density at radius 1 is 0.762 bits per heavy atom. The Morgan fingerprint density at radius 2 is 1.29 bits per heavy atom. The number of benzene rings is 2. The van der Waals surface area contributed by atoms with Gasteiger partial charge in [-0.15, -0.1) is 22.7 Å². The Balaban J connectivity index is 1.06. The number of ether oxygens (including phenoxy) is 1. The van der Waals surface area contributed by atoms with E-state index in [1.165, 1.54) is 23.2 Å². The van der Waals surface area contributed by atoms with Crippen LogP contribution in [0.1, 0.15) is 90.7 Å². The number of aryl methyl sites for hydroxylation is 1. The molecule has 2 aromatic carbocycles. The normalized spacial score (nSPS) is 20.0. The highest BCUT2D eigenvalue weighted by atomic mass is 32.1. The minimum atomic E-state index is -0.871. The highest BCUT2D eigenvalue weighted by Gasteiger charge is 2.45. The molecule has 2 aliphatic heterocycles. The second-order valence-electron chi connectivity index (χ2n) is 18.9. The fraction of sp³-hybridized carbons (Fsp3) is 0.511. The van der Waals surface area contributed by atoms with E-state index in [9.17, 15) is 29.1 Å². The molecule has 0 saturated carbocycles. The number of carbonyl (C=O) groups is 5. The number of aliphatic hydroxyl groups is 1. The molecule has 0 bridgehead atoms. The molecule has 1 unspecified atom stereocenters. The van der Waals surface area contributed by atoms with Crippen molar-refractivity contribution < 1.29 is 33.8 Å². The predicted octanol–water partition coefficient (Wildman–Crippen LogP) is 5.86. The number of likely N-dealkylation sites (tertiary alicyclic amines) is 2. The Labute approximate surface area is 378 Å². The third kappa shape index (κ3) is 11.6. The fourth-order valence-corrected chi connectivity index (χ4v) is 9.51. The number of hydrogen-bond donors (Lipinski definition) is 4. The monoisotopic (exact) mass is 899 g/mol. The van der Waals surface area contributed by atoms with Gasteiger partial charge in [0.15, 0.2) is 0 Å². The smallest absolute Gasteiger partial charge is 0.246 e. The molecular weight excluding hydrogens is 839 g/mol. The molecule has 0 aliphatic carbocycles. The molecule has 6 rings (SSSR count). The van der Waals surface area contributed by atoms with E-state index in [2.05, 4.69) is 25.9 Å². The molecule has 2 aromatic heterocycles. The van der Waals surface area contributed by atoms with Crippen molar-refractivity contribution in [2.24, 2.45) is 16.7 Å². The second-order valence-corrected chi connectivity index (χ2v) is 20.6. The number of aromatic nitrogens is 2. The van der Waals surface area contributed by atoms with Crippen LogP contribution in [-0.4, -0.2) is 97.8 Å². The molecular formula is C47H61N7O7S2. The van der Waals surface area contributed by atoms with Gasteiger partial charge >= 0.3 is 0 Å². The molecule has 338 valence electrons. The van der Waals surface area contributed by atoms with Gasteiger partial charge in [0, 0.05) is 51.9 Å². The van der Waals surface area contributed by atoms with Crippen molar-refractivity contribution in [1.82, 2.24) is 35.7 Å². The van der Waals surface area contributed by atoms with E-state index in [0.29, 0.717) is 19.5 Å². The van der Waals surface area contributed by atoms with Gasteiger partial charge in [-0.25, -0.2) is 9.97 Å². The van der Waals surface area contributed by atoms with Crippen molar-refractivity contribution in [2.75, 3.05) is 13.1 Å². The Morgan fingerprint density at radius 3 is 1.81 bits per heavy atom. The second kappa shape index (κ2) is 19.8. The van der Waals surface area contributed by atoms with Crippen LogP contribution in [0.4, 0.5) is 0 Å². The van der Waals surface area contributed by atoms with Crippen LogP contribution < -0.4 is 16.0 Å². The lowest BCUT2D eigenvalue weighted by atomic mass is 9.81. The van der Waals surface area contributed by atoms with Crippen molar-refractivity contribution in [3.8, 4) is 20.9 Å². The summed E-state index contributed by atoms with van der Waals surface area (Å²) in [6, 6.07) is 13.4. The van der Waals surface area contributed by atoms with Gasteiger partial charge in [0.05, 0.1) is 51.0 Å². The van der Waals surface area contributed by atoms with Crippen molar-refractivity contribution in [3.05, 3.63) is 82.1 Å². The van der Waals surface area contributed by atoms with E-state index in [-0.39, 0.29) is 67.2 Å².